The number of hydrogen-bond acceptors (Lipinski definition) is 3. The Kier molecular flexibility index (Phi) is 4.43. The molecular weight excluding hydrogens is 303 g/mol. The van der Waals surface area contributed by atoms with Crippen LogP contribution in [-0.4, -0.2) is 44.9 Å². The van der Waals surface area contributed by atoms with Gasteiger partial charge in [-0.15, -0.1) is 0 Å². The molecule has 1 aromatic heterocycles. The summed E-state index contributed by atoms with van der Waals surface area (Å²) < 4.78 is 37.7. The Hall–Kier alpha value is -2.06. The van der Waals surface area contributed by atoms with E-state index in [9.17, 15) is 22.8 Å². The molecule has 2 heterocycles. The number of carbonyl (C=O) groups excluding carboxylic acids is 1. The normalized spacial score (nSPS) is 20.7. The molecule has 1 saturated heterocycles. The monoisotopic (exact) mass is 319 g/mol. The summed E-state index contributed by atoms with van der Waals surface area (Å²) in [6, 6.07) is 0. The second-order valence-corrected chi connectivity index (χ2v) is 5.36. The average molecular weight is 319 g/mol. The summed E-state index contributed by atoms with van der Waals surface area (Å²) in [7, 11) is 0. The molecule has 6 nitrogen and oxygen atoms in total. The number of hydrogen-bond donors (Lipinski definition) is 2. The minimum absolute atomic E-state index is 0.168. The van der Waals surface area contributed by atoms with Crippen molar-refractivity contribution in [3.05, 3.63) is 17.7 Å². The maximum absolute atomic E-state index is 12.6. The van der Waals surface area contributed by atoms with E-state index in [1.165, 1.54) is 11.8 Å². The second kappa shape index (κ2) is 5.98. The van der Waals surface area contributed by atoms with Crippen molar-refractivity contribution in [2.75, 3.05) is 13.1 Å². The van der Waals surface area contributed by atoms with E-state index in [1.54, 1.807) is 0 Å². The number of piperidine rings is 1. The predicted octanol–water partition coefficient (Wildman–Crippen LogP) is 1.86. The Labute approximate surface area is 124 Å². The van der Waals surface area contributed by atoms with Gasteiger partial charge in [-0.3, -0.25) is 9.59 Å². The molecule has 1 amide bonds. The largest absolute Gasteiger partial charge is 0.481 e. The Morgan fingerprint density at radius 3 is 2.73 bits per heavy atom. The van der Waals surface area contributed by atoms with Crippen molar-refractivity contribution in [2.45, 2.75) is 31.9 Å². The molecule has 2 unspecified atom stereocenters. The molecule has 1 fully saturated rings. The van der Waals surface area contributed by atoms with Crippen LogP contribution < -0.4 is 0 Å². The molecule has 0 saturated carbocycles. The van der Waals surface area contributed by atoms with Crippen LogP contribution in [0.1, 0.15) is 37.2 Å². The van der Waals surface area contributed by atoms with Crippen molar-refractivity contribution < 1.29 is 27.9 Å². The Morgan fingerprint density at radius 2 is 2.18 bits per heavy atom. The molecular formula is C13H16F3N3O3. The molecule has 2 rings (SSSR count). The van der Waals surface area contributed by atoms with Crippen molar-refractivity contribution >= 4 is 11.9 Å². The molecule has 0 aliphatic carbocycles. The third-order valence-electron chi connectivity index (χ3n) is 3.76. The molecule has 9 heteroatoms. The number of rotatable bonds is 3. The third kappa shape index (κ3) is 3.40. The smallest absolute Gasteiger partial charge is 0.432 e. The zero-order valence-corrected chi connectivity index (χ0v) is 11.9. The fraction of sp³-hybridized carbons (Fsp3) is 0.615. The molecule has 0 aromatic carbocycles. The molecule has 1 aromatic rings. The van der Waals surface area contributed by atoms with Crippen molar-refractivity contribution in [2.24, 2.45) is 5.92 Å². The summed E-state index contributed by atoms with van der Waals surface area (Å²) in [5.41, 5.74) is -0.926. The van der Waals surface area contributed by atoms with E-state index in [-0.39, 0.29) is 18.3 Å². The fourth-order valence-corrected chi connectivity index (χ4v) is 2.47. The Balaban J connectivity index is 2.09. The number of likely N-dealkylation sites (tertiary alicyclic amines) is 1. The van der Waals surface area contributed by atoms with Gasteiger partial charge < -0.3 is 15.0 Å². The Bertz CT molecular complexity index is 570. The summed E-state index contributed by atoms with van der Waals surface area (Å²) in [4.78, 5) is 30.2. The lowest BCUT2D eigenvalue weighted by Gasteiger charge is -2.32. The molecule has 2 N–H and O–H groups in total. The molecule has 0 bridgehead atoms. The van der Waals surface area contributed by atoms with Gasteiger partial charge in [0, 0.05) is 19.0 Å². The van der Waals surface area contributed by atoms with E-state index in [1.807, 2.05) is 0 Å². The van der Waals surface area contributed by atoms with E-state index in [0.29, 0.717) is 19.4 Å². The number of carboxylic acids is 1. The average Bonchev–Trinajstić information content (AvgIpc) is 2.95. The van der Waals surface area contributed by atoms with Crippen LogP contribution in [0.15, 0.2) is 6.20 Å². The minimum atomic E-state index is -4.49. The SMILES string of the molecule is CC(C(=O)O)C(=O)N1CCCC(c2ncc(C(F)(F)F)[nH]2)C1. The van der Waals surface area contributed by atoms with Gasteiger partial charge in [-0.25, -0.2) is 4.98 Å². The van der Waals surface area contributed by atoms with Gasteiger partial charge in [0.25, 0.3) is 0 Å². The highest BCUT2D eigenvalue weighted by atomic mass is 19.4. The van der Waals surface area contributed by atoms with Crippen LogP contribution in [0.25, 0.3) is 0 Å². The van der Waals surface area contributed by atoms with Crippen molar-refractivity contribution in [3.63, 3.8) is 0 Å². The Morgan fingerprint density at radius 1 is 1.50 bits per heavy atom. The standard InChI is InChI=1S/C13H16F3N3O3/c1-7(12(21)22)11(20)19-4-2-3-8(6-19)10-17-5-9(18-10)13(14,15)16/h5,7-8H,2-4,6H2,1H3,(H,17,18)(H,21,22). The van der Waals surface area contributed by atoms with Crippen LogP contribution in [0.4, 0.5) is 13.2 Å². The number of carboxylic acid groups (broad SMARTS) is 1. The topological polar surface area (TPSA) is 86.3 Å². The van der Waals surface area contributed by atoms with Gasteiger partial charge in [0.1, 0.15) is 17.4 Å². The van der Waals surface area contributed by atoms with Crippen LogP contribution >= 0.6 is 0 Å². The number of halogens is 3. The van der Waals surface area contributed by atoms with Crippen molar-refractivity contribution in [3.8, 4) is 0 Å². The molecule has 2 atom stereocenters. The first-order chi connectivity index (χ1) is 10.2. The van der Waals surface area contributed by atoms with Gasteiger partial charge in [-0.05, 0) is 19.8 Å². The lowest BCUT2D eigenvalue weighted by Crippen LogP contribution is -2.43. The number of nitrogens with zero attached hydrogens (tertiary/aromatic N) is 2. The van der Waals surface area contributed by atoms with Gasteiger partial charge in [-0.2, -0.15) is 13.2 Å². The molecule has 0 radical (unpaired) electrons. The molecule has 1 aliphatic heterocycles. The summed E-state index contributed by atoms with van der Waals surface area (Å²) in [6.07, 6.45) is -2.58. The quantitative estimate of drug-likeness (QED) is 0.833. The van der Waals surface area contributed by atoms with Gasteiger partial charge in [0.05, 0.1) is 6.20 Å². The van der Waals surface area contributed by atoms with Gasteiger partial charge in [0.2, 0.25) is 5.91 Å². The zero-order chi connectivity index (χ0) is 16.5. The first-order valence-electron chi connectivity index (χ1n) is 6.84. The minimum Gasteiger partial charge on any atom is -0.481 e. The summed E-state index contributed by atoms with van der Waals surface area (Å²) in [6.45, 7) is 1.87. The van der Waals surface area contributed by atoms with E-state index >= 15 is 0 Å². The maximum atomic E-state index is 12.6. The zero-order valence-electron chi connectivity index (χ0n) is 11.9. The number of nitrogens with one attached hydrogen (secondary N) is 1. The number of aromatic nitrogens is 2. The maximum Gasteiger partial charge on any atom is 0.432 e. The van der Waals surface area contributed by atoms with Crippen molar-refractivity contribution in [1.82, 2.24) is 14.9 Å². The van der Waals surface area contributed by atoms with Gasteiger partial charge >= 0.3 is 12.1 Å². The molecule has 22 heavy (non-hydrogen) atoms. The van der Waals surface area contributed by atoms with Gasteiger partial charge in [-0.1, -0.05) is 0 Å². The number of imidazole rings is 1. The number of aliphatic carboxylic acids is 1. The number of alkyl halides is 3. The molecule has 122 valence electrons. The summed E-state index contributed by atoms with van der Waals surface area (Å²) >= 11 is 0. The number of amides is 1. The number of aromatic amines is 1. The number of carbonyl (C=O) groups is 2. The highest BCUT2D eigenvalue weighted by molar-refractivity contribution is 5.96. The fourth-order valence-electron chi connectivity index (χ4n) is 2.47. The first-order valence-corrected chi connectivity index (χ1v) is 6.84. The van der Waals surface area contributed by atoms with Crippen LogP contribution in [0.2, 0.25) is 0 Å². The summed E-state index contributed by atoms with van der Waals surface area (Å²) in [5, 5.41) is 8.87. The molecule has 1 aliphatic rings. The first kappa shape index (κ1) is 16.3. The van der Waals surface area contributed by atoms with Crippen LogP contribution in [0.5, 0.6) is 0 Å². The third-order valence-corrected chi connectivity index (χ3v) is 3.76. The highest BCUT2D eigenvalue weighted by Crippen LogP contribution is 2.31. The second-order valence-electron chi connectivity index (χ2n) is 5.36. The van der Waals surface area contributed by atoms with Crippen molar-refractivity contribution in [1.29, 1.82) is 0 Å². The summed E-state index contributed by atoms with van der Waals surface area (Å²) in [5.74, 6) is -3.09. The lowest BCUT2D eigenvalue weighted by molar-refractivity contribution is -0.151. The number of H-pyrrole nitrogens is 1. The highest BCUT2D eigenvalue weighted by Gasteiger charge is 2.35. The van der Waals surface area contributed by atoms with Gasteiger partial charge in [0.15, 0.2) is 0 Å². The van der Waals surface area contributed by atoms with Crippen LogP contribution in [-0.2, 0) is 15.8 Å². The lowest BCUT2D eigenvalue weighted by atomic mass is 9.96. The van der Waals surface area contributed by atoms with E-state index in [0.717, 1.165) is 6.20 Å². The predicted molar refractivity (Wildman–Crippen MR) is 68.9 cm³/mol. The van der Waals surface area contributed by atoms with E-state index in [4.69, 9.17) is 5.11 Å². The van der Waals surface area contributed by atoms with Crippen LogP contribution in [0, 0.1) is 5.92 Å². The molecule has 0 spiro atoms. The van der Waals surface area contributed by atoms with Crippen LogP contribution in [0.3, 0.4) is 0 Å². The van der Waals surface area contributed by atoms with E-state index < -0.39 is 29.7 Å². The van der Waals surface area contributed by atoms with E-state index in [2.05, 4.69) is 9.97 Å².